The first-order chi connectivity index (χ1) is 9.77. The summed E-state index contributed by atoms with van der Waals surface area (Å²) >= 11 is 0. The van der Waals surface area contributed by atoms with E-state index in [9.17, 15) is 9.90 Å². The smallest absolute Gasteiger partial charge is 0.358 e. The van der Waals surface area contributed by atoms with E-state index in [4.69, 9.17) is 4.74 Å². The molecule has 3 heterocycles. The van der Waals surface area contributed by atoms with Gasteiger partial charge in [-0.3, -0.25) is 0 Å². The maximum atomic E-state index is 11.4. The minimum Gasteiger partial charge on any atom is -0.476 e. The van der Waals surface area contributed by atoms with Gasteiger partial charge in [0.1, 0.15) is 0 Å². The molecule has 2 saturated heterocycles. The Labute approximate surface area is 117 Å². The summed E-state index contributed by atoms with van der Waals surface area (Å²) in [4.78, 5) is 11.4. The second-order valence-electron chi connectivity index (χ2n) is 5.47. The summed E-state index contributed by atoms with van der Waals surface area (Å²) < 4.78 is 7.32. The molecule has 0 amide bonds. The van der Waals surface area contributed by atoms with Crippen molar-refractivity contribution in [2.75, 3.05) is 26.3 Å². The number of carboxylic acid groups (broad SMARTS) is 1. The van der Waals surface area contributed by atoms with E-state index in [-0.39, 0.29) is 17.7 Å². The molecule has 7 heteroatoms. The molecule has 0 radical (unpaired) electrons. The normalized spacial score (nSPS) is 24.7. The van der Waals surface area contributed by atoms with Gasteiger partial charge in [0.25, 0.3) is 0 Å². The zero-order valence-electron chi connectivity index (χ0n) is 11.4. The summed E-state index contributed by atoms with van der Waals surface area (Å²) in [6, 6.07) is 0.120. The molecule has 2 aliphatic heterocycles. The number of nitrogens with zero attached hydrogens (tertiary/aromatic N) is 3. The van der Waals surface area contributed by atoms with Gasteiger partial charge in [-0.1, -0.05) is 5.21 Å². The van der Waals surface area contributed by atoms with Crippen LogP contribution in [0.4, 0.5) is 0 Å². The maximum Gasteiger partial charge on any atom is 0.358 e. The van der Waals surface area contributed by atoms with Gasteiger partial charge in [0.2, 0.25) is 0 Å². The summed E-state index contributed by atoms with van der Waals surface area (Å²) in [6.45, 7) is 3.20. The van der Waals surface area contributed by atoms with Gasteiger partial charge in [0.15, 0.2) is 5.69 Å². The standard InChI is InChI=1S/C13H20N4O3/c18-13(19)11-12(9-3-5-14-6-4-9)17(16-15-11)10-2-1-7-20-8-10/h9-10,14H,1-8H2,(H,18,19). The number of carbonyl (C=O) groups is 1. The van der Waals surface area contributed by atoms with Crippen molar-refractivity contribution in [3.05, 3.63) is 11.4 Å². The molecule has 2 fully saturated rings. The highest BCUT2D eigenvalue weighted by Gasteiger charge is 2.31. The van der Waals surface area contributed by atoms with Crippen LogP contribution in [0, 0.1) is 0 Å². The van der Waals surface area contributed by atoms with Crippen LogP contribution >= 0.6 is 0 Å². The van der Waals surface area contributed by atoms with Crippen molar-refractivity contribution in [1.29, 1.82) is 0 Å². The number of aromatic carboxylic acids is 1. The number of hydrogen-bond donors (Lipinski definition) is 2. The third-order valence-electron chi connectivity index (χ3n) is 4.14. The summed E-state index contributed by atoms with van der Waals surface area (Å²) in [5.74, 6) is -0.763. The molecule has 0 saturated carbocycles. The van der Waals surface area contributed by atoms with Gasteiger partial charge in [-0.2, -0.15) is 0 Å². The van der Waals surface area contributed by atoms with Crippen molar-refractivity contribution in [1.82, 2.24) is 20.3 Å². The monoisotopic (exact) mass is 280 g/mol. The van der Waals surface area contributed by atoms with Crippen molar-refractivity contribution in [2.24, 2.45) is 0 Å². The number of nitrogens with one attached hydrogen (secondary N) is 1. The highest BCUT2D eigenvalue weighted by atomic mass is 16.5. The third-order valence-corrected chi connectivity index (χ3v) is 4.14. The molecule has 1 atom stereocenters. The molecular weight excluding hydrogens is 260 g/mol. The Kier molecular flexibility index (Phi) is 3.98. The van der Waals surface area contributed by atoms with Gasteiger partial charge in [-0.05, 0) is 38.8 Å². The van der Waals surface area contributed by atoms with Gasteiger partial charge >= 0.3 is 5.97 Å². The molecule has 3 rings (SSSR count). The molecule has 2 aliphatic rings. The Morgan fingerprint density at radius 3 is 2.80 bits per heavy atom. The topological polar surface area (TPSA) is 89.3 Å². The minimum atomic E-state index is -0.985. The van der Waals surface area contributed by atoms with E-state index < -0.39 is 5.97 Å². The van der Waals surface area contributed by atoms with E-state index in [0.717, 1.165) is 51.1 Å². The Morgan fingerprint density at radius 2 is 2.15 bits per heavy atom. The molecule has 0 aromatic carbocycles. The fourth-order valence-corrected chi connectivity index (χ4v) is 3.12. The zero-order valence-corrected chi connectivity index (χ0v) is 11.4. The van der Waals surface area contributed by atoms with Gasteiger partial charge in [0.05, 0.1) is 18.3 Å². The van der Waals surface area contributed by atoms with Crippen LogP contribution in [-0.4, -0.2) is 52.4 Å². The molecule has 1 unspecified atom stereocenters. The Morgan fingerprint density at radius 1 is 1.35 bits per heavy atom. The highest BCUT2D eigenvalue weighted by Crippen LogP contribution is 2.31. The molecule has 7 nitrogen and oxygen atoms in total. The number of carboxylic acids is 1. The van der Waals surface area contributed by atoms with Gasteiger partial charge in [-0.25, -0.2) is 9.48 Å². The molecule has 0 spiro atoms. The van der Waals surface area contributed by atoms with Gasteiger partial charge < -0.3 is 15.2 Å². The Hall–Kier alpha value is -1.47. The fourth-order valence-electron chi connectivity index (χ4n) is 3.12. The Balaban J connectivity index is 1.94. The predicted molar refractivity (Wildman–Crippen MR) is 70.9 cm³/mol. The quantitative estimate of drug-likeness (QED) is 0.851. The fraction of sp³-hybridized carbons (Fsp3) is 0.769. The molecule has 1 aromatic heterocycles. The first-order valence-electron chi connectivity index (χ1n) is 7.24. The van der Waals surface area contributed by atoms with Crippen LogP contribution in [-0.2, 0) is 4.74 Å². The number of rotatable bonds is 3. The van der Waals surface area contributed by atoms with Crippen LogP contribution in [0.15, 0.2) is 0 Å². The van der Waals surface area contributed by atoms with E-state index >= 15 is 0 Å². The van der Waals surface area contributed by atoms with E-state index in [0.29, 0.717) is 6.61 Å². The largest absolute Gasteiger partial charge is 0.476 e. The molecule has 20 heavy (non-hydrogen) atoms. The average molecular weight is 280 g/mol. The van der Waals surface area contributed by atoms with E-state index in [1.807, 2.05) is 4.68 Å². The van der Waals surface area contributed by atoms with Crippen LogP contribution in [0.25, 0.3) is 0 Å². The van der Waals surface area contributed by atoms with Gasteiger partial charge in [-0.15, -0.1) is 5.10 Å². The average Bonchev–Trinajstić information content (AvgIpc) is 2.94. The van der Waals surface area contributed by atoms with Crippen molar-refractivity contribution < 1.29 is 14.6 Å². The van der Waals surface area contributed by atoms with Gasteiger partial charge in [0, 0.05) is 12.5 Å². The summed E-state index contributed by atoms with van der Waals surface area (Å²) in [5.41, 5.74) is 0.900. The minimum absolute atomic E-state index is 0.113. The lowest BCUT2D eigenvalue weighted by Gasteiger charge is -2.28. The SMILES string of the molecule is O=C(O)c1nnn(C2CCCOC2)c1C1CCNCC1. The summed E-state index contributed by atoms with van der Waals surface area (Å²) in [7, 11) is 0. The highest BCUT2D eigenvalue weighted by molar-refractivity contribution is 5.86. The van der Waals surface area contributed by atoms with Crippen molar-refractivity contribution in [3.8, 4) is 0 Å². The molecule has 2 N–H and O–H groups in total. The first-order valence-corrected chi connectivity index (χ1v) is 7.24. The molecule has 0 bridgehead atoms. The second-order valence-corrected chi connectivity index (χ2v) is 5.47. The van der Waals surface area contributed by atoms with E-state index in [2.05, 4.69) is 15.6 Å². The van der Waals surface area contributed by atoms with Crippen LogP contribution in [0.2, 0.25) is 0 Å². The lowest BCUT2D eigenvalue weighted by atomic mass is 9.92. The van der Waals surface area contributed by atoms with Crippen molar-refractivity contribution >= 4 is 5.97 Å². The van der Waals surface area contributed by atoms with Crippen LogP contribution in [0.3, 0.4) is 0 Å². The number of hydrogen-bond acceptors (Lipinski definition) is 5. The molecule has 0 aliphatic carbocycles. The Bertz CT molecular complexity index is 476. The molecule has 1 aromatic rings. The van der Waals surface area contributed by atoms with E-state index in [1.165, 1.54) is 0 Å². The molecule has 110 valence electrons. The maximum absolute atomic E-state index is 11.4. The zero-order chi connectivity index (χ0) is 13.9. The summed E-state index contributed by atoms with van der Waals surface area (Å²) in [5, 5.41) is 20.7. The van der Waals surface area contributed by atoms with Crippen LogP contribution in [0.1, 0.15) is 53.8 Å². The van der Waals surface area contributed by atoms with Crippen LogP contribution in [0.5, 0.6) is 0 Å². The third kappa shape index (κ3) is 2.55. The van der Waals surface area contributed by atoms with Crippen LogP contribution < -0.4 is 5.32 Å². The predicted octanol–water partition coefficient (Wildman–Crippen LogP) is 0.795. The second kappa shape index (κ2) is 5.88. The number of aromatic nitrogens is 3. The summed E-state index contributed by atoms with van der Waals surface area (Å²) in [6.07, 6.45) is 3.82. The lowest BCUT2D eigenvalue weighted by molar-refractivity contribution is 0.0524. The number of ether oxygens (including phenoxy) is 1. The van der Waals surface area contributed by atoms with Crippen molar-refractivity contribution in [3.63, 3.8) is 0 Å². The number of piperidine rings is 1. The molecular formula is C13H20N4O3. The first kappa shape index (κ1) is 13.5. The van der Waals surface area contributed by atoms with Crippen molar-refractivity contribution in [2.45, 2.75) is 37.6 Å². The van der Waals surface area contributed by atoms with E-state index in [1.54, 1.807) is 0 Å². The lowest BCUT2D eigenvalue weighted by Crippen LogP contribution is -2.31.